The van der Waals surface area contributed by atoms with E-state index in [1.54, 1.807) is 22.1 Å². The summed E-state index contributed by atoms with van der Waals surface area (Å²) in [7, 11) is 0. The molecule has 0 radical (unpaired) electrons. The molecule has 14 rings (SSSR count). The molecule has 1 N–H and O–H groups in total. The van der Waals surface area contributed by atoms with Crippen LogP contribution in [-0.4, -0.2) is 42.0 Å². The smallest absolute Gasteiger partial charge is 0.166 e. The molecule has 4 aromatic heterocycles. The number of rotatable bonds is 8. The molecule has 0 saturated heterocycles. The molecule has 0 spiro atoms. The van der Waals surface area contributed by atoms with E-state index in [2.05, 4.69) is 59.2 Å². The Morgan fingerprint density at radius 1 is 0.493 bits per heavy atom. The van der Waals surface area contributed by atoms with Gasteiger partial charge in [0.2, 0.25) is 0 Å². The van der Waals surface area contributed by atoms with E-state index in [-0.39, 0.29) is 29.4 Å². The highest BCUT2D eigenvalue weighted by Gasteiger charge is 2.25. The summed E-state index contributed by atoms with van der Waals surface area (Å²) in [5.74, 6) is 1.61. The minimum Gasteiger partial charge on any atom is -0.309 e. The maximum Gasteiger partial charge on any atom is 0.166 e. The number of benzene rings is 10. The number of hydrogen-bond acceptors (Lipinski definition) is 5. The second-order valence-electron chi connectivity index (χ2n) is 18.1. The van der Waals surface area contributed by atoms with E-state index in [9.17, 15) is 8.15 Å². The van der Waals surface area contributed by atoms with Crippen LogP contribution < -0.4 is 0 Å². The van der Waals surface area contributed by atoms with Gasteiger partial charge in [0, 0.05) is 81.4 Å². The van der Waals surface area contributed by atoms with Crippen LogP contribution in [-0.2, 0) is 0 Å². The summed E-state index contributed by atoms with van der Waals surface area (Å²) in [5, 5.41) is 15.2. The third-order valence-corrected chi connectivity index (χ3v) is 14.8. The van der Waals surface area contributed by atoms with Crippen LogP contribution in [0.2, 0.25) is 0 Å². The van der Waals surface area contributed by atoms with Crippen molar-refractivity contribution < 1.29 is 6.85 Å². The lowest BCUT2D eigenvalue weighted by atomic mass is 10.0. The van der Waals surface area contributed by atoms with Gasteiger partial charge >= 0.3 is 0 Å². The second kappa shape index (κ2) is 18.3. The number of aromatic nitrogens is 5. The Kier molecular flexibility index (Phi) is 9.42. The van der Waals surface area contributed by atoms with E-state index in [0.29, 0.717) is 50.9 Å². The fraction of sp³-hybridized carbons (Fsp3) is 0. The van der Waals surface area contributed by atoms with Gasteiger partial charge in [0.15, 0.2) is 29.1 Å². The van der Waals surface area contributed by atoms with Crippen LogP contribution in [0.5, 0.6) is 0 Å². The van der Waals surface area contributed by atoms with Gasteiger partial charge in [-0.25, -0.2) is 24.9 Å². The highest BCUT2D eigenvalue weighted by Crippen LogP contribution is 2.44. The third kappa shape index (κ3) is 7.69. The fourth-order valence-electron chi connectivity index (χ4n) is 10.2. The summed E-state index contributed by atoms with van der Waals surface area (Å²) in [5.41, 5.74) is 8.04. The summed E-state index contributed by atoms with van der Waals surface area (Å²) >= 11 is 1.75. The molecule has 0 aliphatic carbocycles. The first-order valence-electron chi connectivity index (χ1n) is 26.9. The van der Waals surface area contributed by atoms with Crippen LogP contribution in [0.1, 0.15) is 23.5 Å². The van der Waals surface area contributed by atoms with Gasteiger partial charge in [0.25, 0.3) is 0 Å². The van der Waals surface area contributed by atoms with Crippen LogP contribution in [0.4, 0.5) is 0 Å². The zero-order valence-electron chi connectivity index (χ0n) is 44.8. The number of nitrogens with zero attached hydrogens (tertiary/aromatic N) is 7. The van der Waals surface area contributed by atoms with Crippen molar-refractivity contribution in [2.45, 2.75) is 0 Å². The monoisotopic (exact) mass is 983 g/mol. The summed E-state index contributed by atoms with van der Waals surface area (Å²) in [6.45, 7) is 0. The zero-order valence-corrected chi connectivity index (χ0v) is 40.6. The van der Waals surface area contributed by atoms with Crippen LogP contribution in [0.25, 0.3) is 109 Å². The fourth-order valence-corrected chi connectivity index (χ4v) is 11.3. The summed E-state index contributed by atoms with van der Waals surface area (Å²) < 4.78 is 50.7. The number of fused-ring (bicyclic) bond motifs is 10. The lowest BCUT2D eigenvalue weighted by Gasteiger charge is -2.17. The first-order chi connectivity index (χ1) is 39.2. The molecular formula is C66H42N8S. The topological polar surface area (TPSA) is 97.1 Å². The maximum atomic E-state index is 9.39. The molecule has 75 heavy (non-hydrogen) atoms. The Labute approximate surface area is 442 Å². The Balaban J connectivity index is 1.07. The van der Waals surface area contributed by atoms with E-state index < -0.39 is 18.1 Å². The molecule has 0 bridgehead atoms. The van der Waals surface area contributed by atoms with E-state index in [0.717, 1.165) is 54.7 Å². The van der Waals surface area contributed by atoms with Gasteiger partial charge in [0.1, 0.15) is 0 Å². The number of hydrogen-bond donors (Lipinski definition) is 1. The van der Waals surface area contributed by atoms with E-state index >= 15 is 0 Å². The lowest BCUT2D eigenvalue weighted by Crippen LogP contribution is -2.08. The quantitative estimate of drug-likeness (QED) is 0.121. The average Bonchev–Trinajstić information content (AvgIpc) is 4.36. The molecule has 0 fully saturated rings. The Morgan fingerprint density at radius 2 is 1.11 bits per heavy atom. The van der Waals surface area contributed by atoms with Crippen LogP contribution >= 0.6 is 11.3 Å². The molecule has 0 aliphatic heterocycles. The van der Waals surface area contributed by atoms with Crippen molar-refractivity contribution in [3.05, 3.63) is 259 Å². The predicted octanol–water partition coefficient (Wildman–Crippen LogP) is 16.3. The Bertz CT molecular complexity index is 4830. The Hall–Kier alpha value is -9.96. The Morgan fingerprint density at radius 3 is 1.84 bits per heavy atom. The maximum absolute atomic E-state index is 9.39. The summed E-state index contributed by atoms with van der Waals surface area (Å²) in [6, 6.07) is 67.8. The van der Waals surface area contributed by atoms with Gasteiger partial charge in [-0.15, -0.1) is 11.3 Å². The third-order valence-electron chi connectivity index (χ3n) is 13.6. The molecule has 0 amide bonds. The molecule has 8 nitrogen and oxygen atoms in total. The van der Waals surface area contributed by atoms with Crippen molar-refractivity contribution >= 4 is 93.0 Å². The minimum atomic E-state index is -0.462. The van der Waals surface area contributed by atoms with Crippen molar-refractivity contribution in [2.24, 2.45) is 9.98 Å². The lowest BCUT2D eigenvalue weighted by molar-refractivity contribution is 1.06. The van der Waals surface area contributed by atoms with Crippen molar-refractivity contribution in [1.29, 1.82) is 5.41 Å². The van der Waals surface area contributed by atoms with Crippen LogP contribution in [0.15, 0.2) is 253 Å². The van der Waals surface area contributed by atoms with Crippen molar-refractivity contribution in [3.8, 4) is 45.5 Å². The molecule has 4 heterocycles. The van der Waals surface area contributed by atoms with Gasteiger partial charge in [-0.2, -0.15) is 0 Å². The highest BCUT2D eigenvalue weighted by atomic mass is 32.1. The van der Waals surface area contributed by atoms with Crippen LogP contribution in [0.3, 0.4) is 0 Å². The molecule has 14 aromatic rings. The van der Waals surface area contributed by atoms with Gasteiger partial charge in [0.05, 0.1) is 34.6 Å². The van der Waals surface area contributed by atoms with Gasteiger partial charge in [-0.3, -0.25) is 5.41 Å². The SMILES string of the molecule is [2H]c1c([2H])c([2H])c(-n2c3ccccc3c3c2ccc2c4ccccc4n(-c4ccc(C(N=Cc5ccc6sc7ccccc7c6c5)=NC(=N)c5ccccc5)cc4-c4nc(-c5ccccc5)nc(-c5ccccc5)n4)c23)c([2H])c1[2H]. The van der Waals surface area contributed by atoms with Crippen molar-refractivity contribution in [2.75, 3.05) is 0 Å². The van der Waals surface area contributed by atoms with Gasteiger partial charge in [-0.1, -0.05) is 176 Å². The predicted molar refractivity (Wildman–Crippen MR) is 312 cm³/mol. The second-order valence-corrected chi connectivity index (χ2v) is 19.2. The highest BCUT2D eigenvalue weighted by molar-refractivity contribution is 7.25. The van der Waals surface area contributed by atoms with Crippen LogP contribution in [0, 0.1) is 5.41 Å². The normalized spacial score (nSPS) is 13.0. The van der Waals surface area contributed by atoms with E-state index in [1.165, 1.54) is 14.8 Å². The molecule has 0 unspecified atom stereocenters. The molecule has 0 atom stereocenters. The van der Waals surface area contributed by atoms with E-state index in [4.69, 9.17) is 29.0 Å². The first kappa shape index (κ1) is 38.7. The van der Waals surface area contributed by atoms with Crippen molar-refractivity contribution in [3.63, 3.8) is 0 Å². The molecule has 10 aromatic carbocycles. The summed E-state index contributed by atoms with van der Waals surface area (Å²) in [4.78, 5) is 25.9. The number of nitrogens with one attached hydrogen (secondary N) is 1. The zero-order chi connectivity index (χ0) is 54.2. The van der Waals surface area contributed by atoms with Gasteiger partial charge in [-0.05, 0) is 72.2 Å². The number of aliphatic imine (C=N–C) groups is 2. The van der Waals surface area contributed by atoms with Gasteiger partial charge < -0.3 is 9.13 Å². The number of thiophene rings is 1. The summed E-state index contributed by atoms with van der Waals surface area (Å²) in [6.07, 6.45) is 1.80. The molecule has 0 saturated carbocycles. The largest absolute Gasteiger partial charge is 0.309 e. The standard InChI is InChI=1S/C66H42N8S/c67-62(43-19-5-1-6-20-43)69-63(68-41-42-33-38-59-52(39-42)49-28-15-18-32-58(49)75-59)46-34-36-56(53(40-46)66-71-64(44-21-7-2-8-22-44)70-65(72-66)45-23-9-3-10-24-45)74-54-30-16-13-27-48(54)50-35-37-57-60(61(50)74)51-29-14-17-31-55(51)73(57)47-25-11-4-12-26-47/h1-41,67H/i4D,11D,12D,25D,26D. The average molecular weight is 984 g/mol. The molecule has 352 valence electrons. The minimum absolute atomic E-state index is 0.0286. The number of para-hydroxylation sites is 3. The molecule has 0 aliphatic rings. The number of amidine groups is 2. The molecule has 9 heteroatoms. The first-order valence-corrected chi connectivity index (χ1v) is 25.2. The van der Waals surface area contributed by atoms with E-state index in [1.807, 2.05) is 158 Å². The molecular weight excluding hydrogens is 937 g/mol. The van der Waals surface area contributed by atoms with Crippen molar-refractivity contribution in [1.82, 2.24) is 24.1 Å².